The van der Waals surface area contributed by atoms with Crippen LogP contribution in [0.5, 0.6) is 0 Å². The highest BCUT2D eigenvalue weighted by Crippen LogP contribution is 2.10. The van der Waals surface area contributed by atoms with Crippen molar-refractivity contribution in [3.8, 4) is 0 Å². The molecule has 3 atom stereocenters. The maximum Gasteiger partial charge on any atom is 0.335 e. The summed E-state index contributed by atoms with van der Waals surface area (Å²) < 4.78 is 0. The van der Waals surface area contributed by atoms with Crippen molar-refractivity contribution in [2.45, 2.75) is 78.9 Å². The van der Waals surface area contributed by atoms with Crippen LogP contribution in [0, 0.1) is 5.92 Å². The molecular formula is C27H40O6. The van der Waals surface area contributed by atoms with Crippen molar-refractivity contribution in [3.05, 3.63) is 70.8 Å². The zero-order valence-electron chi connectivity index (χ0n) is 20.5. The van der Waals surface area contributed by atoms with Crippen LogP contribution in [0.3, 0.4) is 0 Å². The van der Waals surface area contributed by atoms with Crippen LogP contribution >= 0.6 is 0 Å². The van der Waals surface area contributed by atoms with Crippen molar-refractivity contribution in [2.75, 3.05) is 0 Å². The molecule has 4 N–H and O–H groups in total. The lowest BCUT2D eigenvalue weighted by atomic mass is 9.98. The zero-order valence-corrected chi connectivity index (χ0v) is 20.5. The summed E-state index contributed by atoms with van der Waals surface area (Å²) in [6.07, 6.45) is 4.16. The van der Waals surface area contributed by atoms with Gasteiger partial charge in [0, 0.05) is 5.92 Å². The topological polar surface area (TPSA) is 115 Å². The molecule has 6 heteroatoms. The van der Waals surface area contributed by atoms with Gasteiger partial charge in [-0.05, 0) is 61.6 Å². The largest absolute Gasteiger partial charge is 0.478 e. The van der Waals surface area contributed by atoms with E-state index in [0.29, 0.717) is 17.5 Å². The van der Waals surface area contributed by atoms with E-state index in [9.17, 15) is 9.59 Å². The van der Waals surface area contributed by atoms with Crippen molar-refractivity contribution in [1.82, 2.24) is 0 Å². The third kappa shape index (κ3) is 12.8. The minimum Gasteiger partial charge on any atom is -0.478 e. The van der Waals surface area contributed by atoms with Crippen LogP contribution in [-0.4, -0.2) is 44.6 Å². The van der Waals surface area contributed by atoms with Gasteiger partial charge in [-0.25, -0.2) is 9.59 Å². The molecule has 0 spiro atoms. The van der Waals surface area contributed by atoms with E-state index in [4.69, 9.17) is 20.4 Å². The number of carbonyl (C=O) groups is 2. The minimum absolute atomic E-state index is 0.00463. The molecule has 0 aliphatic heterocycles. The summed E-state index contributed by atoms with van der Waals surface area (Å²) in [5.74, 6) is -1.73. The lowest BCUT2D eigenvalue weighted by molar-refractivity contribution is 0.0298. The summed E-state index contributed by atoms with van der Waals surface area (Å²) in [6, 6.07) is 14.1. The highest BCUT2D eigenvalue weighted by molar-refractivity contribution is 5.87. The fourth-order valence-electron chi connectivity index (χ4n) is 2.90. The Hall–Kier alpha value is -2.70. The van der Waals surface area contributed by atoms with Crippen LogP contribution in [0.25, 0.3) is 0 Å². The average Bonchev–Trinajstić information content (AvgIpc) is 2.80. The van der Waals surface area contributed by atoms with E-state index >= 15 is 0 Å². The first-order valence-corrected chi connectivity index (χ1v) is 11.6. The Labute approximate surface area is 197 Å². The fraction of sp³-hybridized carbons (Fsp3) is 0.481. The second-order valence-electron chi connectivity index (χ2n) is 8.08. The molecule has 0 heterocycles. The summed E-state index contributed by atoms with van der Waals surface area (Å²) in [4.78, 5) is 20.9. The summed E-state index contributed by atoms with van der Waals surface area (Å²) in [5, 5.41) is 35.3. The number of benzene rings is 2. The van der Waals surface area contributed by atoms with Crippen LogP contribution in [0.1, 0.15) is 85.7 Å². The van der Waals surface area contributed by atoms with Crippen molar-refractivity contribution in [2.24, 2.45) is 5.92 Å². The highest BCUT2D eigenvalue weighted by atomic mass is 16.4. The van der Waals surface area contributed by atoms with Crippen molar-refractivity contribution in [1.29, 1.82) is 0 Å². The lowest BCUT2D eigenvalue weighted by Gasteiger charge is -2.19. The lowest BCUT2D eigenvalue weighted by Crippen LogP contribution is -2.26. The number of hydrogen-bond donors (Lipinski definition) is 4. The van der Waals surface area contributed by atoms with E-state index in [0.717, 1.165) is 25.7 Å². The summed E-state index contributed by atoms with van der Waals surface area (Å²) in [7, 11) is 0. The third-order valence-electron chi connectivity index (χ3n) is 5.27. The predicted molar refractivity (Wildman–Crippen MR) is 132 cm³/mol. The molecular weight excluding hydrogens is 420 g/mol. The van der Waals surface area contributed by atoms with Gasteiger partial charge in [0.2, 0.25) is 0 Å². The van der Waals surface area contributed by atoms with Gasteiger partial charge >= 0.3 is 11.9 Å². The number of rotatable bonds is 9. The van der Waals surface area contributed by atoms with E-state index in [1.165, 1.54) is 11.1 Å². The fourth-order valence-corrected chi connectivity index (χ4v) is 2.90. The van der Waals surface area contributed by atoms with Crippen LogP contribution in [-0.2, 0) is 12.8 Å². The normalized spacial score (nSPS) is 12.8. The molecule has 3 unspecified atom stereocenters. The monoisotopic (exact) mass is 460 g/mol. The summed E-state index contributed by atoms with van der Waals surface area (Å²) in [6.45, 7) is 9.65. The van der Waals surface area contributed by atoms with Crippen LogP contribution in [0.15, 0.2) is 48.5 Å². The van der Waals surface area contributed by atoms with E-state index in [-0.39, 0.29) is 12.0 Å². The number of carboxylic acid groups (broad SMARTS) is 2. The van der Waals surface area contributed by atoms with E-state index in [1.54, 1.807) is 31.2 Å². The molecule has 0 fully saturated rings. The molecule has 6 nitrogen and oxygen atoms in total. The van der Waals surface area contributed by atoms with Gasteiger partial charge in [0.25, 0.3) is 0 Å². The predicted octanol–water partition coefficient (Wildman–Crippen LogP) is 5.45. The smallest absolute Gasteiger partial charge is 0.335 e. The zero-order chi connectivity index (χ0) is 25.4. The van der Waals surface area contributed by atoms with Gasteiger partial charge in [-0.2, -0.15) is 0 Å². The third-order valence-corrected chi connectivity index (χ3v) is 5.27. The molecule has 2 aromatic carbocycles. The summed E-state index contributed by atoms with van der Waals surface area (Å²) >= 11 is 0. The molecule has 0 radical (unpaired) electrons. The SMILES string of the molecule is CCC(O)C(C)C(C)O.CCCc1ccc(C(=O)O)cc1.CCCc1ccc(C(=O)O)cc1. The Kier molecular flexibility index (Phi) is 15.5. The van der Waals surface area contributed by atoms with Gasteiger partial charge in [-0.3, -0.25) is 0 Å². The Balaban J connectivity index is 0.000000472. The van der Waals surface area contributed by atoms with Crippen LogP contribution in [0.4, 0.5) is 0 Å². The van der Waals surface area contributed by atoms with E-state index in [2.05, 4.69) is 13.8 Å². The van der Waals surface area contributed by atoms with Crippen LogP contribution < -0.4 is 0 Å². The van der Waals surface area contributed by atoms with Crippen molar-refractivity contribution >= 4 is 11.9 Å². The Morgan fingerprint density at radius 2 is 1.03 bits per heavy atom. The number of aliphatic hydroxyl groups excluding tert-OH is 2. The molecule has 0 aliphatic rings. The maximum absolute atomic E-state index is 10.5. The van der Waals surface area contributed by atoms with Gasteiger partial charge < -0.3 is 20.4 Å². The molecule has 0 aromatic heterocycles. The molecule has 33 heavy (non-hydrogen) atoms. The van der Waals surface area contributed by atoms with Crippen LogP contribution in [0.2, 0.25) is 0 Å². The number of aromatic carboxylic acids is 2. The number of hydrogen-bond acceptors (Lipinski definition) is 4. The molecule has 0 saturated heterocycles. The number of aryl methyl sites for hydroxylation is 2. The molecule has 2 aromatic rings. The first-order chi connectivity index (χ1) is 15.6. The standard InChI is InChI=1S/2C10H12O2.C7H16O2/c2*1-2-3-8-4-6-9(7-5-8)10(11)12;1-4-7(9)5(2)6(3)8/h2*4-7H,2-3H2,1H3,(H,11,12);5-9H,4H2,1-3H3. The van der Waals surface area contributed by atoms with E-state index < -0.39 is 18.0 Å². The minimum atomic E-state index is -0.863. The average molecular weight is 461 g/mol. The molecule has 2 rings (SSSR count). The molecule has 0 bridgehead atoms. The molecule has 0 saturated carbocycles. The first kappa shape index (κ1) is 30.3. The van der Waals surface area contributed by atoms with Crippen molar-refractivity contribution < 1.29 is 30.0 Å². The highest BCUT2D eigenvalue weighted by Gasteiger charge is 2.16. The van der Waals surface area contributed by atoms with Crippen molar-refractivity contribution in [3.63, 3.8) is 0 Å². The Morgan fingerprint density at radius 3 is 1.21 bits per heavy atom. The second kappa shape index (κ2) is 16.9. The summed E-state index contributed by atoms with van der Waals surface area (Å²) in [5.41, 5.74) is 3.11. The van der Waals surface area contributed by atoms with Gasteiger partial charge in [0.15, 0.2) is 0 Å². The number of aliphatic hydroxyl groups is 2. The molecule has 0 aliphatic carbocycles. The second-order valence-corrected chi connectivity index (χ2v) is 8.08. The maximum atomic E-state index is 10.5. The van der Waals surface area contributed by atoms with Gasteiger partial charge in [0.1, 0.15) is 0 Å². The number of carboxylic acids is 2. The Morgan fingerprint density at radius 1 is 0.697 bits per heavy atom. The van der Waals surface area contributed by atoms with Gasteiger partial charge in [-0.1, -0.05) is 64.8 Å². The quantitative estimate of drug-likeness (QED) is 0.396. The van der Waals surface area contributed by atoms with E-state index in [1.807, 2.05) is 38.1 Å². The molecule has 0 amide bonds. The molecule has 184 valence electrons. The first-order valence-electron chi connectivity index (χ1n) is 11.6. The van der Waals surface area contributed by atoms with Gasteiger partial charge in [-0.15, -0.1) is 0 Å². The Bertz CT molecular complexity index is 737. The van der Waals surface area contributed by atoms with Gasteiger partial charge in [0.05, 0.1) is 23.3 Å².